The summed E-state index contributed by atoms with van der Waals surface area (Å²) in [6.07, 6.45) is 1.38. The maximum absolute atomic E-state index is 13.9. The molecule has 8 heteroatoms. The lowest BCUT2D eigenvalue weighted by Crippen LogP contribution is -2.34. The fourth-order valence-corrected chi connectivity index (χ4v) is 6.00. The van der Waals surface area contributed by atoms with Crippen LogP contribution in [0.2, 0.25) is 0 Å². The number of pyridine rings is 1. The fraction of sp³-hybridized carbons (Fsp3) is 0.276. The first-order valence-electron chi connectivity index (χ1n) is 12.4. The lowest BCUT2D eigenvalue weighted by atomic mass is 10.1. The van der Waals surface area contributed by atoms with Gasteiger partial charge in [0.1, 0.15) is 13.2 Å². The Morgan fingerprint density at radius 1 is 0.919 bits per heavy atom. The van der Waals surface area contributed by atoms with E-state index in [2.05, 4.69) is 11.9 Å². The lowest BCUT2D eigenvalue weighted by molar-refractivity contribution is 0.171. The molecular formula is C29H30N2O5S. The smallest absolute Gasteiger partial charge is 0.252 e. The van der Waals surface area contributed by atoms with Crippen molar-refractivity contribution in [3.8, 4) is 11.5 Å². The number of hydrogen-bond donors (Lipinski definition) is 1. The highest BCUT2D eigenvalue weighted by Crippen LogP contribution is 2.33. The number of rotatable bonds is 8. The zero-order valence-corrected chi connectivity index (χ0v) is 21.8. The number of H-pyrrole nitrogens is 1. The van der Waals surface area contributed by atoms with E-state index in [4.69, 9.17) is 9.47 Å². The average molecular weight is 519 g/mol. The van der Waals surface area contributed by atoms with Gasteiger partial charge in [0.25, 0.3) is 5.56 Å². The van der Waals surface area contributed by atoms with Gasteiger partial charge in [0.2, 0.25) is 10.0 Å². The summed E-state index contributed by atoms with van der Waals surface area (Å²) >= 11 is 0. The molecule has 5 rings (SSSR count). The van der Waals surface area contributed by atoms with Crippen molar-refractivity contribution in [1.29, 1.82) is 0 Å². The molecule has 4 aromatic rings. The molecule has 192 valence electrons. The Hall–Kier alpha value is -3.62. The number of sulfonamides is 1. The summed E-state index contributed by atoms with van der Waals surface area (Å²) in [5.41, 5.74) is 4.11. The number of ether oxygens (including phenoxy) is 2. The van der Waals surface area contributed by atoms with Crippen molar-refractivity contribution in [1.82, 2.24) is 9.29 Å². The molecule has 0 unspecified atom stereocenters. The molecule has 0 saturated carbocycles. The molecule has 37 heavy (non-hydrogen) atoms. The molecule has 7 nitrogen and oxygen atoms in total. The minimum absolute atomic E-state index is 0.0514. The maximum atomic E-state index is 13.9. The molecule has 1 aromatic heterocycles. The molecule has 0 radical (unpaired) electrons. The first-order chi connectivity index (χ1) is 17.8. The standard InChI is InChI=1S/C29H30N2O5S/c1-3-21-7-9-26-23(16-21)17-24(29(32)30-26)19-31(12-11-22-6-4-5-20(2)15-22)37(33,34)25-8-10-27-28(18-25)36-14-13-35-27/h4-10,15-18H,3,11-14,19H2,1-2H3,(H,30,32). The van der Waals surface area contributed by atoms with E-state index in [0.717, 1.165) is 34.0 Å². The Bertz CT molecular complexity index is 1610. The van der Waals surface area contributed by atoms with Gasteiger partial charge < -0.3 is 14.5 Å². The van der Waals surface area contributed by atoms with Gasteiger partial charge in [-0.15, -0.1) is 0 Å². The zero-order chi connectivity index (χ0) is 26.0. The number of benzene rings is 3. The number of aromatic nitrogens is 1. The van der Waals surface area contributed by atoms with Crippen molar-refractivity contribution < 1.29 is 17.9 Å². The minimum atomic E-state index is -3.95. The van der Waals surface area contributed by atoms with Crippen LogP contribution in [-0.2, 0) is 29.4 Å². The van der Waals surface area contributed by atoms with E-state index in [-0.39, 0.29) is 23.5 Å². The first-order valence-corrected chi connectivity index (χ1v) is 13.9. The van der Waals surface area contributed by atoms with Crippen molar-refractivity contribution in [2.75, 3.05) is 19.8 Å². The molecule has 0 spiro atoms. The van der Waals surface area contributed by atoms with Crippen LogP contribution in [0.15, 0.2) is 76.4 Å². The molecule has 2 heterocycles. The monoisotopic (exact) mass is 518 g/mol. The fourth-order valence-electron chi connectivity index (χ4n) is 4.57. The summed E-state index contributed by atoms with van der Waals surface area (Å²) in [5, 5.41) is 0.879. The van der Waals surface area contributed by atoms with E-state index in [1.54, 1.807) is 12.1 Å². The number of hydrogen-bond acceptors (Lipinski definition) is 5. The van der Waals surface area contributed by atoms with Crippen LogP contribution in [0.25, 0.3) is 10.9 Å². The summed E-state index contributed by atoms with van der Waals surface area (Å²) in [6.45, 7) is 5.02. The Balaban J connectivity index is 1.52. The normalized spacial score (nSPS) is 13.3. The molecule has 0 aliphatic carbocycles. The molecule has 1 aliphatic rings. The summed E-state index contributed by atoms with van der Waals surface area (Å²) in [5.74, 6) is 0.927. The topological polar surface area (TPSA) is 88.7 Å². The third kappa shape index (κ3) is 5.40. The molecule has 0 fully saturated rings. The van der Waals surface area contributed by atoms with Gasteiger partial charge in [-0.3, -0.25) is 4.79 Å². The van der Waals surface area contributed by atoms with Gasteiger partial charge in [-0.2, -0.15) is 4.31 Å². The minimum Gasteiger partial charge on any atom is -0.486 e. The Morgan fingerprint density at radius 2 is 1.73 bits per heavy atom. The average Bonchev–Trinajstić information content (AvgIpc) is 2.90. The highest BCUT2D eigenvalue weighted by atomic mass is 32.2. The summed E-state index contributed by atoms with van der Waals surface area (Å²) in [4.78, 5) is 16.0. The van der Waals surface area contributed by atoms with Gasteiger partial charge in [-0.1, -0.05) is 42.8 Å². The molecule has 0 bridgehead atoms. The van der Waals surface area contributed by atoms with Crippen LogP contribution in [0, 0.1) is 6.92 Å². The van der Waals surface area contributed by atoms with E-state index in [1.165, 1.54) is 16.4 Å². The molecule has 0 amide bonds. The Morgan fingerprint density at radius 3 is 2.51 bits per heavy atom. The van der Waals surface area contributed by atoms with Crippen molar-refractivity contribution in [3.63, 3.8) is 0 Å². The Labute approximate surface area is 216 Å². The van der Waals surface area contributed by atoms with Crippen LogP contribution in [0.4, 0.5) is 0 Å². The van der Waals surface area contributed by atoms with Crippen LogP contribution in [0.1, 0.15) is 29.2 Å². The second-order valence-electron chi connectivity index (χ2n) is 9.28. The number of aromatic amines is 1. The van der Waals surface area contributed by atoms with E-state index >= 15 is 0 Å². The number of nitrogens with one attached hydrogen (secondary N) is 1. The van der Waals surface area contributed by atoms with Crippen LogP contribution in [-0.4, -0.2) is 37.5 Å². The molecule has 3 aromatic carbocycles. The molecule has 0 atom stereocenters. The van der Waals surface area contributed by atoms with E-state index in [0.29, 0.717) is 36.7 Å². The van der Waals surface area contributed by atoms with Crippen LogP contribution in [0.5, 0.6) is 11.5 Å². The predicted molar refractivity (Wildman–Crippen MR) is 144 cm³/mol. The van der Waals surface area contributed by atoms with Gasteiger partial charge in [0.05, 0.1) is 4.90 Å². The van der Waals surface area contributed by atoms with Gasteiger partial charge in [0.15, 0.2) is 11.5 Å². The predicted octanol–water partition coefficient (Wildman–Crippen LogP) is 4.60. The SMILES string of the molecule is CCc1ccc2[nH]c(=O)c(CN(CCc3cccc(C)c3)S(=O)(=O)c3ccc4c(c3)OCCO4)cc2c1. The van der Waals surface area contributed by atoms with Gasteiger partial charge in [-0.25, -0.2) is 8.42 Å². The molecule has 1 aliphatic heterocycles. The lowest BCUT2D eigenvalue weighted by Gasteiger charge is -2.24. The maximum Gasteiger partial charge on any atom is 0.252 e. The van der Waals surface area contributed by atoms with Crippen LogP contribution >= 0.6 is 0 Å². The highest BCUT2D eigenvalue weighted by Gasteiger charge is 2.27. The second kappa shape index (κ2) is 10.4. The third-order valence-corrected chi connectivity index (χ3v) is 8.47. The van der Waals surface area contributed by atoms with Crippen molar-refractivity contribution in [2.45, 2.75) is 38.1 Å². The number of aryl methyl sites for hydroxylation is 2. The van der Waals surface area contributed by atoms with E-state index < -0.39 is 10.0 Å². The largest absolute Gasteiger partial charge is 0.486 e. The third-order valence-electron chi connectivity index (χ3n) is 6.62. The van der Waals surface area contributed by atoms with Crippen LogP contribution in [0.3, 0.4) is 0 Å². The zero-order valence-electron chi connectivity index (χ0n) is 21.0. The van der Waals surface area contributed by atoms with Crippen molar-refractivity contribution in [2.24, 2.45) is 0 Å². The van der Waals surface area contributed by atoms with Crippen molar-refractivity contribution >= 4 is 20.9 Å². The van der Waals surface area contributed by atoms with Gasteiger partial charge in [0, 0.05) is 30.2 Å². The van der Waals surface area contributed by atoms with Crippen molar-refractivity contribution in [3.05, 3.63) is 99.3 Å². The van der Waals surface area contributed by atoms with E-state index in [9.17, 15) is 13.2 Å². The summed E-state index contributed by atoms with van der Waals surface area (Å²) in [6, 6.07) is 20.3. The Kier molecular flexibility index (Phi) is 7.04. The molecule has 0 saturated heterocycles. The number of nitrogens with zero attached hydrogens (tertiary/aromatic N) is 1. The van der Waals surface area contributed by atoms with Gasteiger partial charge >= 0.3 is 0 Å². The second-order valence-corrected chi connectivity index (χ2v) is 11.2. The summed E-state index contributed by atoms with van der Waals surface area (Å²) < 4.78 is 40.4. The molecule has 1 N–H and O–H groups in total. The van der Waals surface area contributed by atoms with E-state index in [1.807, 2.05) is 49.4 Å². The number of fused-ring (bicyclic) bond motifs is 2. The van der Waals surface area contributed by atoms with Crippen LogP contribution < -0.4 is 15.0 Å². The highest BCUT2D eigenvalue weighted by molar-refractivity contribution is 7.89. The summed E-state index contributed by atoms with van der Waals surface area (Å²) in [7, 11) is -3.95. The van der Waals surface area contributed by atoms with Gasteiger partial charge in [-0.05, 0) is 66.6 Å². The molecular weight excluding hydrogens is 488 g/mol. The quantitative estimate of drug-likeness (QED) is 0.368. The first kappa shape index (κ1) is 25.0.